The molecular weight excluding hydrogens is 440 g/mol. The van der Waals surface area contributed by atoms with Gasteiger partial charge in [0.25, 0.3) is 0 Å². The molecule has 1 N–H and O–H groups in total. The van der Waals surface area contributed by atoms with Gasteiger partial charge in [-0.3, -0.25) is 14.4 Å². The highest BCUT2D eigenvalue weighted by atomic mass is 79.9. The van der Waals surface area contributed by atoms with Gasteiger partial charge in [0, 0.05) is 10.0 Å². The summed E-state index contributed by atoms with van der Waals surface area (Å²) in [4.78, 5) is 37.3. The van der Waals surface area contributed by atoms with Crippen LogP contribution in [0.25, 0.3) is 0 Å². The number of nitrogens with one attached hydrogen (secondary N) is 1. The lowest BCUT2D eigenvalue weighted by Gasteiger charge is -2.25. The Bertz CT molecular complexity index is 730. The van der Waals surface area contributed by atoms with E-state index in [9.17, 15) is 14.4 Å². The number of benzene rings is 1. The molecule has 1 aliphatic heterocycles. The Kier molecular flexibility index (Phi) is 7.78. The Morgan fingerprint density at radius 1 is 1.30 bits per heavy atom. The number of carbonyl (C=O) groups is 3. The molecule has 0 aromatic heterocycles. The van der Waals surface area contributed by atoms with Crippen LogP contribution in [-0.2, 0) is 19.1 Å². The Labute approximate surface area is 170 Å². The van der Waals surface area contributed by atoms with Crippen molar-refractivity contribution in [3.8, 4) is 11.5 Å². The van der Waals surface area contributed by atoms with Crippen LogP contribution in [-0.4, -0.2) is 62.4 Å². The monoisotopic (exact) mass is 460 g/mol. The third-order valence-corrected chi connectivity index (χ3v) is 5.71. The molecule has 8 nitrogen and oxygen atoms in total. The van der Waals surface area contributed by atoms with E-state index >= 15 is 0 Å². The van der Waals surface area contributed by atoms with Crippen LogP contribution in [0.3, 0.4) is 0 Å². The summed E-state index contributed by atoms with van der Waals surface area (Å²) in [6, 6.07) is 3.54. The molecule has 2 amide bonds. The van der Waals surface area contributed by atoms with Crippen LogP contribution < -0.4 is 14.8 Å². The van der Waals surface area contributed by atoms with Gasteiger partial charge in [0.1, 0.15) is 18.5 Å². The number of amides is 2. The zero-order valence-electron chi connectivity index (χ0n) is 15.2. The highest BCUT2D eigenvalue weighted by Crippen LogP contribution is 2.45. The molecule has 1 heterocycles. The number of hydrogen-bond acceptors (Lipinski definition) is 7. The van der Waals surface area contributed by atoms with Gasteiger partial charge in [-0.1, -0.05) is 15.9 Å². The zero-order valence-corrected chi connectivity index (χ0v) is 17.6. The molecule has 27 heavy (non-hydrogen) atoms. The van der Waals surface area contributed by atoms with E-state index in [1.807, 2.05) is 0 Å². The second kappa shape index (κ2) is 9.84. The van der Waals surface area contributed by atoms with Crippen molar-refractivity contribution in [1.29, 1.82) is 0 Å². The highest BCUT2D eigenvalue weighted by molar-refractivity contribution is 9.10. The average Bonchev–Trinajstić information content (AvgIpc) is 3.00. The number of nitrogens with zero attached hydrogens (tertiary/aromatic N) is 1. The molecule has 0 radical (unpaired) electrons. The summed E-state index contributed by atoms with van der Waals surface area (Å²) >= 11 is 4.90. The smallest absolute Gasteiger partial charge is 0.325 e. The number of halogens is 1. The quantitative estimate of drug-likeness (QED) is 0.590. The summed E-state index contributed by atoms with van der Waals surface area (Å²) < 4.78 is 16.1. The van der Waals surface area contributed by atoms with Gasteiger partial charge in [-0.05, 0) is 19.1 Å². The normalized spacial score (nSPS) is 16.2. The molecular formula is C17H21BrN2O6S. The van der Waals surface area contributed by atoms with Crippen molar-refractivity contribution in [3.63, 3.8) is 0 Å². The molecule has 0 saturated carbocycles. The molecule has 1 aliphatic rings. The van der Waals surface area contributed by atoms with Crippen LogP contribution in [0, 0.1) is 0 Å². The molecule has 148 valence electrons. The fourth-order valence-electron chi connectivity index (χ4n) is 2.54. The van der Waals surface area contributed by atoms with Gasteiger partial charge in [-0.15, -0.1) is 11.8 Å². The fraction of sp³-hybridized carbons (Fsp3) is 0.471. The van der Waals surface area contributed by atoms with Crippen molar-refractivity contribution < 1.29 is 28.6 Å². The standard InChI is InChI=1S/C17H21BrN2O6S/c1-4-26-16(23)7-19-14(21)8-20-15(22)9-27-17(20)10-5-12(24-2)13(25-3)6-11(10)18/h5-6,17H,4,7-9H2,1-3H3,(H,19,21). The lowest BCUT2D eigenvalue weighted by Crippen LogP contribution is -2.41. The van der Waals surface area contributed by atoms with E-state index in [0.717, 1.165) is 10.0 Å². The van der Waals surface area contributed by atoms with E-state index in [0.29, 0.717) is 11.5 Å². The van der Waals surface area contributed by atoms with Crippen molar-refractivity contribution in [3.05, 3.63) is 22.2 Å². The number of esters is 1. The first-order chi connectivity index (χ1) is 12.9. The largest absolute Gasteiger partial charge is 0.493 e. The molecule has 0 bridgehead atoms. The van der Waals surface area contributed by atoms with Crippen molar-refractivity contribution in [1.82, 2.24) is 10.2 Å². The van der Waals surface area contributed by atoms with Crippen LogP contribution in [0.2, 0.25) is 0 Å². The van der Waals surface area contributed by atoms with Crippen LogP contribution in [0.1, 0.15) is 17.9 Å². The minimum absolute atomic E-state index is 0.155. The molecule has 2 rings (SSSR count). The maximum atomic E-state index is 12.3. The third kappa shape index (κ3) is 5.29. The number of rotatable bonds is 8. The third-order valence-electron chi connectivity index (χ3n) is 3.79. The zero-order chi connectivity index (χ0) is 20.0. The van der Waals surface area contributed by atoms with Crippen molar-refractivity contribution in [2.75, 3.05) is 39.7 Å². The van der Waals surface area contributed by atoms with Crippen molar-refractivity contribution in [2.24, 2.45) is 0 Å². The summed E-state index contributed by atoms with van der Waals surface area (Å²) in [5, 5.41) is 2.11. The van der Waals surface area contributed by atoms with Gasteiger partial charge < -0.3 is 24.4 Å². The molecule has 1 atom stereocenters. The molecule has 1 aromatic rings. The Morgan fingerprint density at radius 2 is 1.96 bits per heavy atom. The minimum Gasteiger partial charge on any atom is -0.493 e. The molecule has 1 fully saturated rings. The summed E-state index contributed by atoms with van der Waals surface area (Å²) in [5.74, 6) is 0.241. The summed E-state index contributed by atoms with van der Waals surface area (Å²) in [6.45, 7) is 1.54. The Morgan fingerprint density at radius 3 is 2.59 bits per heavy atom. The van der Waals surface area contributed by atoms with Gasteiger partial charge in [0.05, 0.1) is 26.6 Å². The summed E-state index contributed by atoms with van der Waals surface area (Å²) in [6.07, 6.45) is 0. The lowest BCUT2D eigenvalue weighted by molar-refractivity contribution is -0.143. The van der Waals surface area contributed by atoms with E-state index in [-0.39, 0.29) is 36.7 Å². The summed E-state index contributed by atoms with van der Waals surface area (Å²) in [5.41, 5.74) is 0.793. The maximum absolute atomic E-state index is 12.3. The maximum Gasteiger partial charge on any atom is 0.325 e. The second-order valence-corrected chi connectivity index (χ2v) is 7.42. The van der Waals surface area contributed by atoms with E-state index in [1.54, 1.807) is 19.1 Å². The number of hydrogen-bond donors (Lipinski definition) is 1. The van der Waals surface area contributed by atoms with Gasteiger partial charge in [0.15, 0.2) is 11.5 Å². The van der Waals surface area contributed by atoms with Gasteiger partial charge in [-0.2, -0.15) is 0 Å². The molecule has 1 saturated heterocycles. The summed E-state index contributed by atoms with van der Waals surface area (Å²) in [7, 11) is 3.07. The van der Waals surface area contributed by atoms with Crippen LogP contribution >= 0.6 is 27.7 Å². The van der Waals surface area contributed by atoms with Crippen molar-refractivity contribution >= 4 is 45.5 Å². The Hall–Kier alpha value is -1.94. The van der Waals surface area contributed by atoms with E-state index in [1.165, 1.54) is 30.9 Å². The topological polar surface area (TPSA) is 94.2 Å². The molecule has 1 aromatic carbocycles. The SMILES string of the molecule is CCOC(=O)CNC(=O)CN1C(=O)CSC1c1cc(OC)c(OC)cc1Br. The van der Waals surface area contributed by atoms with Crippen LogP contribution in [0.5, 0.6) is 11.5 Å². The second-order valence-electron chi connectivity index (χ2n) is 5.50. The average molecular weight is 461 g/mol. The lowest BCUT2D eigenvalue weighted by atomic mass is 10.1. The van der Waals surface area contributed by atoms with Gasteiger partial charge >= 0.3 is 5.97 Å². The first kappa shape index (κ1) is 21.4. The molecule has 0 spiro atoms. The molecule has 0 aliphatic carbocycles. The number of carbonyl (C=O) groups excluding carboxylic acids is 3. The van der Waals surface area contributed by atoms with Crippen LogP contribution in [0.15, 0.2) is 16.6 Å². The predicted octanol–water partition coefficient (Wildman–Crippen LogP) is 1.72. The number of thioether (sulfide) groups is 1. The minimum atomic E-state index is -0.521. The fourth-order valence-corrected chi connectivity index (χ4v) is 4.44. The molecule has 10 heteroatoms. The van der Waals surface area contributed by atoms with E-state index in [4.69, 9.17) is 14.2 Å². The molecule has 1 unspecified atom stereocenters. The number of methoxy groups -OCH3 is 2. The van der Waals surface area contributed by atoms with Crippen molar-refractivity contribution in [2.45, 2.75) is 12.3 Å². The van der Waals surface area contributed by atoms with Crippen LogP contribution in [0.4, 0.5) is 0 Å². The number of ether oxygens (including phenoxy) is 3. The van der Waals surface area contributed by atoms with Gasteiger partial charge in [-0.25, -0.2) is 0 Å². The van der Waals surface area contributed by atoms with E-state index < -0.39 is 11.9 Å². The predicted molar refractivity (Wildman–Crippen MR) is 104 cm³/mol. The first-order valence-electron chi connectivity index (χ1n) is 8.16. The van der Waals surface area contributed by atoms with Gasteiger partial charge in [0.2, 0.25) is 11.8 Å². The highest BCUT2D eigenvalue weighted by Gasteiger charge is 2.35. The van der Waals surface area contributed by atoms with E-state index in [2.05, 4.69) is 21.2 Å². The first-order valence-corrected chi connectivity index (χ1v) is 10.00. The Balaban J connectivity index is 2.14.